The summed E-state index contributed by atoms with van der Waals surface area (Å²) in [6.45, 7) is 2.35. The van der Waals surface area contributed by atoms with Crippen LogP contribution in [0.25, 0.3) is 0 Å². The van der Waals surface area contributed by atoms with Crippen LogP contribution in [0.5, 0.6) is 0 Å². The van der Waals surface area contributed by atoms with Gasteiger partial charge in [-0.2, -0.15) is 0 Å². The molecule has 0 aliphatic carbocycles. The van der Waals surface area contributed by atoms with Crippen molar-refractivity contribution in [3.8, 4) is 0 Å². The molecule has 0 aliphatic rings. The van der Waals surface area contributed by atoms with Crippen LogP contribution in [-0.4, -0.2) is 68.4 Å². The number of nitrogens with two attached hydrogens (primary N) is 1. The Balaban J connectivity index is 4.53. The highest BCUT2D eigenvalue weighted by Crippen LogP contribution is 2.08. The Kier molecular flexibility index (Phi) is 6.34. The first-order valence-corrected chi connectivity index (χ1v) is 4.61. The molecule has 0 spiro atoms. The van der Waals surface area contributed by atoms with E-state index in [0.29, 0.717) is 0 Å². The molecule has 0 aromatic heterocycles. The number of rotatable bonds is 7. The normalized spacial score (nSPS) is 20.6. The molecule has 16 heavy (non-hydrogen) atoms. The molecule has 0 radical (unpaired) electrons. The van der Waals surface area contributed by atoms with Crippen LogP contribution in [-0.2, 0) is 4.79 Å². The lowest BCUT2D eigenvalue weighted by molar-refractivity contribution is -0.133. The zero-order valence-corrected chi connectivity index (χ0v) is 8.60. The van der Waals surface area contributed by atoms with Gasteiger partial charge in [-0.1, -0.05) is 6.58 Å². The van der Waals surface area contributed by atoms with Gasteiger partial charge in [0.15, 0.2) is 5.78 Å². The summed E-state index contributed by atoms with van der Waals surface area (Å²) in [5.41, 5.74) is 5.27. The van der Waals surface area contributed by atoms with E-state index >= 15 is 0 Å². The summed E-state index contributed by atoms with van der Waals surface area (Å²) in [5.74, 6) is -0.711. The van der Waals surface area contributed by atoms with Gasteiger partial charge in [0.25, 0.3) is 0 Å². The number of hydrogen-bond acceptors (Lipinski definition) is 7. The molecule has 0 bridgehead atoms. The third kappa shape index (κ3) is 3.63. The lowest BCUT2D eigenvalue weighted by Gasteiger charge is -2.27. The Bertz CT molecular complexity index is 246. The molecule has 0 fully saturated rings. The SMILES string of the molecule is C=CC(=O)C(N)[C@H](O)[C@@H](O)[C@@H](O)[C@H](O)CO. The summed E-state index contributed by atoms with van der Waals surface area (Å²) in [4.78, 5) is 11.0. The van der Waals surface area contributed by atoms with Crippen LogP contribution < -0.4 is 5.73 Å². The maximum atomic E-state index is 11.0. The maximum absolute atomic E-state index is 11.0. The molecule has 94 valence electrons. The Morgan fingerprint density at radius 3 is 2.06 bits per heavy atom. The fraction of sp³-hybridized carbons (Fsp3) is 0.667. The van der Waals surface area contributed by atoms with Crippen LogP contribution in [0, 0.1) is 0 Å². The number of carbonyl (C=O) groups excluding carboxylic acids is 1. The van der Waals surface area contributed by atoms with Crippen LogP contribution in [0.2, 0.25) is 0 Å². The summed E-state index contributed by atoms with van der Waals surface area (Å²) < 4.78 is 0. The first-order valence-electron chi connectivity index (χ1n) is 4.61. The Hall–Kier alpha value is -0.830. The van der Waals surface area contributed by atoms with E-state index in [4.69, 9.17) is 15.9 Å². The van der Waals surface area contributed by atoms with Crippen LogP contribution in [0.1, 0.15) is 0 Å². The van der Waals surface area contributed by atoms with E-state index in [1.54, 1.807) is 0 Å². The van der Waals surface area contributed by atoms with E-state index in [1.807, 2.05) is 0 Å². The first kappa shape index (κ1) is 15.2. The fourth-order valence-corrected chi connectivity index (χ4v) is 1.05. The van der Waals surface area contributed by atoms with E-state index in [1.165, 1.54) is 0 Å². The van der Waals surface area contributed by atoms with Gasteiger partial charge in [-0.15, -0.1) is 0 Å². The van der Waals surface area contributed by atoms with Gasteiger partial charge in [0.05, 0.1) is 12.6 Å². The third-order valence-electron chi connectivity index (χ3n) is 2.18. The predicted octanol–water partition coefficient (Wildman–Crippen LogP) is -3.50. The van der Waals surface area contributed by atoms with Gasteiger partial charge >= 0.3 is 0 Å². The highest BCUT2D eigenvalue weighted by atomic mass is 16.4. The minimum Gasteiger partial charge on any atom is -0.394 e. The minimum absolute atomic E-state index is 0.711. The van der Waals surface area contributed by atoms with Crippen molar-refractivity contribution >= 4 is 5.78 Å². The largest absolute Gasteiger partial charge is 0.394 e. The van der Waals surface area contributed by atoms with Crippen molar-refractivity contribution in [2.75, 3.05) is 6.61 Å². The Morgan fingerprint density at radius 1 is 1.19 bits per heavy atom. The smallest absolute Gasteiger partial charge is 0.174 e. The molecule has 7 nitrogen and oxygen atoms in total. The molecular formula is C9H17NO6. The van der Waals surface area contributed by atoms with Gasteiger partial charge < -0.3 is 31.3 Å². The fourth-order valence-electron chi connectivity index (χ4n) is 1.05. The molecular weight excluding hydrogens is 218 g/mol. The Labute approximate surface area is 92.4 Å². The van der Waals surface area contributed by atoms with Gasteiger partial charge in [-0.25, -0.2) is 0 Å². The van der Waals surface area contributed by atoms with E-state index < -0.39 is 42.8 Å². The average Bonchev–Trinajstić information content (AvgIpc) is 2.32. The second-order valence-corrected chi connectivity index (χ2v) is 3.35. The number of aliphatic hydroxyl groups is 5. The topological polar surface area (TPSA) is 144 Å². The van der Waals surface area contributed by atoms with Gasteiger partial charge in [0.1, 0.15) is 24.4 Å². The number of aliphatic hydroxyl groups excluding tert-OH is 5. The highest BCUT2D eigenvalue weighted by Gasteiger charge is 2.35. The van der Waals surface area contributed by atoms with Crippen LogP contribution in [0.4, 0.5) is 0 Å². The van der Waals surface area contributed by atoms with Crippen molar-refractivity contribution in [3.63, 3.8) is 0 Å². The first-order chi connectivity index (χ1) is 7.36. The van der Waals surface area contributed by atoms with Crippen LogP contribution >= 0.6 is 0 Å². The zero-order valence-electron chi connectivity index (χ0n) is 8.60. The molecule has 0 saturated carbocycles. The second kappa shape index (κ2) is 6.69. The number of hydrogen-bond donors (Lipinski definition) is 6. The van der Waals surface area contributed by atoms with Crippen molar-refractivity contribution < 1.29 is 30.3 Å². The summed E-state index contributed by atoms with van der Waals surface area (Å²) in [6.07, 6.45) is -6.17. The van der Waals surface area contributed by atoms with Gasteiger partial charge in [0.2, 0.25) is 0 Å². The quantitative estimate of drug-likeness (QED) is 0.251. The van der Waals surface area contributed by atoms with Crippen molar-refractivity contribution in [1.29, 1.82) is 0 Å². The lowest BCUT2D eigenvalue weighted by Crippen LogP contribution is -2.54. The summed E-state index contributed by atoms with van der Waals surface area (Å²) in [6, 6.07) is -1.45. The zero-order chi connectivity index (χ0) is 12.9. The Morgan fingerprint density at radius 2 is 1.69 bits per heavy atom. The maximum Gasteiger partial charge on any atom is 0.174 e. The monoisotopic (exact) mass is 235 g/mol. The summed E-state index contributed by atoms with van der Waals surface area (Å²) in [7, 11) is 0. The second-order valence-electron chi connectivity index (χ2n) is 3.35. The summed E-state index contributed by atoms with van der Waals surface area (Å²) in [5, 5.41) is 45.5. The molecule has 7 N–H and O–H groups in total. The molecule has 0 amide bonds. The van der Waals surface area contributed by atoms with Crippen molar-refractivity contribution in [3.05, 3.63) is 12.7 Å². The minimum atomic E-state index is -1.85. The number of ketones is 1. The average molecular weight is 235 g/mol. The molecule has 0 rings (SSSR count). The molecule has 0 aromatic carbocycles. The van der Waals surface area contributed by atoms with Crippen LogP contribution in [0.15, 0.2) is 12.7 Å². The summed E-state index contributed by atoms with van der Waals surface area (Å²) >= 11 is 0. The van der Waals surface area contributed by atoms with Crippen molar-refractivity contribution in [2.45, 2.75) is 30.5 Å². The third-order valence-corrected chi connectivity index (χ3v) is 2.18. The van der Waals surface area contributed by atoms with E-state index in [0.717, 1.165) is 6.08 Å². The molecule has 1 unspecified atom stereocenters. The molecule has 7 heteroatoms. The van der Waals surface area contributed by atoms with E-state index in [2.05, 4.69) is 6.58 Å². The van der Waals surface area contributed by atoms with E-state index in [9.17, 15) is 20.1 Å². The lowest BCUT2D eigenvalue weighted by atomic mass is 9.96. The van der Waals surface area contributed by atoms with Crippen LogP contribution in [0.3, 0.4) is 0 Å². The van der Waals surface area contributed by atoms with E-state index in [-0.39, 0.29) is 0 Å². The number of carbonyl (C=O) groups is 1. The van der Waals surface area contributed by atoms with Gasteiger partial charge in [-0.05, 0) is 6.08 Å². The molecule has 0 heterocycles. The highest BCUT2D eigenvalue weighted by molar-refractivity contribution is 5.94. The van der Waals surface area contributed by atoms with Gasteiger partial charge in [-0.3, -0.25) is 4.79 Å². The standard InChI is InChI=1S/C9H17NO6/c1-2-4(12)6(10)8(15)9(16)7(14)5(13)3-11/h2,5-9,11,13-16H,1,3,10H2/t5-,6?,7+,8+,9+/m1/s1. The van der Waals surface area contributed by atoms with Crippen molar-refractivity contribution in [2.24, 2.45) is 5.73 Å². The molecule has 0 aliphatic heterocycles. The molecule has 5 atom stereocenters. The predicted molar refractivity (Wildman–Crippen MR) is 54.3 cm³/mol. The molecule has 0 aromatic rings. The van der Waals surface area contributed by atoms with Crippen molar-refractivity contribution in [1.82, 2.24) is 0 Å². The van der Waals surface area contributed by atoms with Gasteiger partial charge in [0, 0.05) is 0 Å². The molecule has 0 saturated heterocycles.